The summed E-state index contributed by atoms with van der Waals surface area (Å²) in [5.74, 6) is 0.726. The van der Waals surface area contributed by atoms with Crippen LogP contribution in [0.2, 0.25) is 0 Å². The first-order valence-electron chi connectivity index (χ1n) is 14.4. The molecule has 3 atom stereocenters. The SMILES string of the molecule is C=CC(=O)N1CCN(c2nc(OC[C@@H]3CCCN3C)nc3c2CN(C)C2(CCc4ncccc42)C3)C[C@@H]1CC#N. The highest BCUT2D eigenvalue weighted by Gasteiger charge is 2.47. The molecule has 0 N–H and O–H groups in total. The van der Waals surface area contributed by atoms with Gasteiger partial charge in [-0.1, -0.05) is 12.6 Å². The summed E-state index contributed by atoms with van der Waals surface area (Å²) < 4.78 is 6.31. The molecule has 10 nitrogen and oxygen atoms in total. The number of hydrogen-bond acceptors (Lipinski definition) is 9. The van der Waals surface area contributed by atoms with Crippen LogP contribution in [0.5, 0.6) is 6.01 Å². The second kappa shape index (κ2) is 10.8. The van der Waals surface area contributed by atoms with E-state index in [-0.39, 0.29) is 23.9 Å². The zero-order valence-electron chi connectivity index (χ0n) is 23.6. The van der Waals surface area contributed by atoms with E-state index in [9.17, 15) is 10.1 Å². The molecular weight excluding hydrogens is 504 g/mol. The monoisotopic (exact) mass is 542 g/mol. The third-order valence-corrected chi connectivity index (χ3v) is 9.45. The van der Waals surface area contributed by atoms with E-state index in [1.54, 1.807) is 4.90 Å². The number of carbonyl (C=O) groups is 1. The van der Waals surface area contributed by atoms with Gasteiger partial charge in [-0.25, -0.2) is 0 Å². The lowest BCUT2D eigenvalue weighted by Crippen LogP contribution is -2.55. The van der Waals surface area contributed by atoms with Crippen molar-refractivity contribution in [1.29, 1.82) is 5.26 Å². The Morgan fingerprint density at radius 1 is 1.25 bits per heavy atom. The second-order valence-electron chi connectivity index (χ2n) is 11.6. The molecule has 40 heavy (non-hydrogen) atoms. The third kappa shape index (κ3) is 4.61. The summed E-state index contributed by atoms with van der Waals surface area (Å²) in [7, 11) is 4.33. The number of amides is 1. The van der Waals surface area contributed by atoms with Crippen molar-refractivity contribution >= 4 is 11.7 Å². The van der Waals surface area contributed by atoms with Gasteiger partial charge in [0.25, 0.3) is 0 Å². The highest BCUT2D eigenvalue weighted by molar-refractivity contribution is 5.87. The van der Waals surface area contributed by atoms with Gasteiger partial charge in [0.2, 0.25) is 5.91 Å². The summed E-state index contributed by atoms with van der Waals surface area (Å²) in [6.45, 7) is 7.67. The van der Waals surface area contributed by atoms with E-state index in [0.29, 0.717) is 44.8 Å². The molecule has 0 aromatic carbocycles. The van der Waals surface area contributed by atoms with Crippen LogP contribution >= 0.6 is 0 Å². The molecule has 210 valence electrons. The third-order valence-electron chi connectivity index (χ3n) is 9.45. The molecule has 2 fully saturated rings. The summed E-state index contributed by atoms with van der Waals surface area (Å²) in [4.78, 5) is 36.0. The Kier molecular flexibility index (Phi) is 7.19. The largest absolute Gasteiger partial charge is 0.462 e. The van der Waals surface area contributed by atoms with Gasteiger partial charge in [-0.3, -0.25) is 14.7 Å². The van der Waals surface area contributed by atoms with Gasteiger partial charge in [0.15, 0.2) is 0 Å². The van der Waals surface area contributed by atoms with Crippen molar-refractivity contribution in [3.63, 3.8) is 0 Å². The van der Waals surface area contributed by atoms with E-state index in [2.05, 4.69) is 52.5 Å². The number of pyridine rings is 1. The van der Waals surface area contributed by atoms with Crippen molar-refractivity contribution in [2.75, 3.05) is 51.8 Å². The first-order chi connectivity index (χ1) is 19.4. The van der Waals surface area contributed by atoms with Crippen LogP contribution in [0.4, 0.5) is 5.82 Å². The summed E-state index contributed by atoms with van der Waals surface area (Å²) in [6, 6.07) is 7.07. The topological polar surface area (TPSA) is 102 Å². The van der Waals surface area contributed by atoms with Crippen molar-refractivity contribution < 1.29 is 9.53 Å². The number of hydrogen-bond donors (Lipinski definition) is 0. The molecule has 2 aromatic heterocycles. The molecule has 4 aliphatic rings. The number of ether oxygens (including phenoxy) is 1. The number of aryl methyl sites for hydroxylation is 1. The number of fused-ring (bicyclic) bond motifs is 3. The lowest BCUT2D eigenvalue weighted by atomic mass is 9.81. The van der Waals surface area contributed by atoms with Gasteiger partial charge in [0.1, 0.15) is 12.4 Å². The van der Waals surface area contributed by atoms with Gasteiger partial charge < -0.3 is 19.4 Å². The number of likely N-dealkylation sites (N-methyl/N-ethyl adjacent to an activating group) is 2. The number of aromatic nitrogens is 3. The minimum absolute atomic E-state index is 0.135. The van der Waals surface area contributed by atoms with E-state index < -0.39 is 0 Å². The van der Waals surface area contributed by atoms with Crippen LogP contribution in [-0.4, -0.2) is 94.5 Å². The summed E-state index contributed by atoms with van der Waals surface area (Å²) in [5.41, 5.74) is 4.45. The molecule has 1 aliphatic carbocycles. The second-order valence-corrected chi connectivity index (χ2v) is 11.6. The number of nitriles is 1. The molecule has 0 radical (unpaired) electrons. The van der Waals surface area contributed by atoms with Gasteiger partial charge in [-0.15, -0.1) is 0 Å². The Bertz CT molecular complexity index is 1340. The quantitative estimate of drug-likeness (QED) is 0.509. The Balaban J connectivity index is 1.36. The molecule has 6 rings (SSSR count). The van der Waals surface area contributed by atoms with E-state index in [1.807, 2.05) is 12.3 Å². The van der Waals surface area contributed by atoms with Crippen molar-refractivity contribution in [2.24, 2.45) is 0 Å². The van der Waals surface area contributed by atoms with Crippen LogP contribution in [0, 0.1) is 11.3 Å². The van der Waals surface area contributed by atoms with Crippen molar-refractivity contribution in [3.8, 4) is 12.1 Å². The molecule has 2 saturated heterocycles. The standard InChI is InChI=1S/C30H38N8O2/c1-4-27(39)38-16-15-37(18-21(38)10-12-31)28-23-19-36(3)30(11-9-25-24(30)8-5-13-32-25)17-26(23)33-29(34-28)40-20-22-7-6-14-35(22)2/h4-5,8,13,21-22H,1,6-7,9-11,14-20H2,2-3H3/t21-,22-,30?/m0/s1. The lowest BCUT2D eigenvalue weighted by Gasteiger charge is -2.46. The molecule has 1 spiro atoms. The zero-order valence-corrected chi connectivity index (χ0v) is 23.6. The minimum atomic E-state index is -0.230. The predicted octanol–water partition coefficient (Wildman–Crippen LogP) is 2.29. The highest BCUT2D eigenvalue weighted by Crippen LogP contribution is 2.47. The number of carbonyl (C=O) groups excluding carboxylic acids is 1. The number of piperazine rings is 1. The first-order valence-corrected chi connectivity index (χ1v) is 14.4. The Hall–Kier alpha value is -3.55. The Labute approximate surface area is 236 Å². The molecule has 10 heteroatoms. The van der Waals surface area contributed by atoms with Crippen LogP contribution in [0.3, 0.4) is 0 Å². The van der Waals surface area contributed by atoms with E-state index in [4.69, 9.17) is 14.7 Å². The molecule has 0 bridgehead atoms. The molecule has 2 aromatic rings. The van der Waals surface area contributed by atoms with E-state index >= 15 is 0 Å². The van der Waals surface area contributed by atoms with Gasteiger partial charge in [-0.05, 0) is 64.0 Å². The van der Waals surface area contributed by atoms with Crippen molar-refractivity contribution in [2.45, 2.75) is 62.7 Å². The Morgan fingerprint density at radius 2 is 2.12 bits per heavy atom. The van der Waals surface area contributed by atoms with E-state index in [0.717, 1.165) is 49.3 Å². The van der Waals surface area contributed by atoms with Gasteiger partial charge in [0.05, 0.1) is 29.8 Å². The minimum Gasteiger partial charge on any atom is -0.462 e. The van der Waals surface area contributed by atoms with E-state index in [1.165, 1.54) is 23.8 Å². The number of nitrogens with zero attached hydrogens (tertiary/aromatic N) is 8. The number of anilines is 1. The number of likely N-dealkylation sites (tertiary alicyclic amines) is 1. The fraction of sp³-hybridized carbons (Fsp3) is 0.567. The molecule has 1 amide bonds. The van der Waals surface area contributed by atoms with Crippen LogP contribution in [-0.2, 0) is 29.7 Å². The average Bonchev–Trinajstić information content (AvgIpc) is 3.55. The van der Waals surface area contributed by atoms with Crippen LogP contribution in [0.15, 0.2) is 31.0 Å². The first kappa shape index (κ1) is 26.7. The van der Waals surface area contributed by atoms with Crippen LogP contribution in [0.1, 0.15) is 48.2 Å². The normalized spacial score (nSPS) is 26.4. The average molecular weight is 543 g/mol. The van der Waals surface area contributed by atoms with Crippen LogP contribution in [0.25, 0.3) is 0 Å². The molecule has 0 saturated carbocycles. The summed E-state index contributed by atoms with van der Waals surface area (Å²) >= 11 is 0. The zero-order chi connectivity index (χ0) is 27.9. The molecule has 5 heterocycles. The highest BCUT2D eigenvalue weighted by atomic mass is 16.5. The predicted molar refractivity (Wildman–Crippen MR) is 151 cm³/mol. The number of rotatable bonds is 6. The van der Waals surface area contributed by atoms with Crippen molar-refractivity contribution in [1.82, 2.24) is 29.7 Å². The molecular formula is C30H38N8O2. The summed E-state index contributed by atoms with van der Waals surface area (Å²) in [6.07, 6.45) is 8.50. The van der Waals surface area contributed by atoms with Crippen LogP contribution < -0.4 is 9.64 Å². The van der Waals surface area contributed by atoms with Gasteiger partial charge in [0, 0.05) is 56.1 Å². The maximum atomic E-state index is 12.5. The fourth-order valence-electron chi connectivity index (χ4n) is 7.13. The van der Waals surface area contributed by atoms with Gasteiger partial charge in [-0.2, -0.15) is 15.2 Å². The van der Waals surface area contributed by atoms with Gasteiger partial charge >= 0.3 is 6.01 Å². The maximum Gasteiger partial charge on any atom is 0.318 e. The fourth-order valence-corrected chi connectivity index (χ4v) is 7.13. The lowest BCUT2D eigenvalue weighted by molar-refractivity contribution is -0.128. The molecule has 1 unspecified atom stereocenters. The molecule has 3 aliphatic heterocycles. The van der Waals surface area contributed by atoms with Crippen molar-refractivity contribution in [3.05, 3.63) is 53.5 Å². The Morgan fingerprint density at radius 3 is 2.90 bits per heavy atom. The maximum absolute atomic E-state index is 12.5. The summed E-state index contributed by atoms with van der Waals surface area (Å²) in [5, 5.41) is 9.52. The smallest absolute Gasteiger partial charge is 0.318 e.